The van der Waals surface area contributed by atoms with E-state index in [9.17, 15) is 9.90 Å². The number of hydrogen-bond donors (Lipinski definition) is 1. The van der Waals surface area contributed by atoms with Crippen molar-refractivity contribution in [1.82, 2.24) is 4.90 Å². The molecule has 4 heteroatoms. The van der Waals surface area contributed by atoms with Gasteiger partial charge in [0.1, 0.15) is 12.7 Å². The number of nitrogens with zero attached hydrogens (tertiary/aromatic N) is 1. The van der Waals surface area contributed by atoms with Crippen LogP contribution in [0.5, 0.6) is 0 Å². The Balaban J connectivity index is 3.68. The molecule has 1 atom stereocenters. The van der Waals surface area contributed by atoms with Crippen molar-refractivity contribution in [2.75, 3.05) is 26.2 Å². The number of esters is 1. The van der Waals surface area contributed by atoms with Crippen LogP contribution in [0.25, 0.3) is 0 Å². The second-order valence-corrected chi connectivity index (χ2v) is 2.97. The Kier molecular flexibility index (Phi) is 7.06. The van der Waals surface area contributed by atoms with Crippen LogP contribution in [0, 0.1) is 0 Å². The Bertz CT molecular complexity index is 178. The fourth-order valence-corrected chi connectivity index (χ4v) is 1.07. The summed E-state index contributed by atoms with van der Waals surface area (Å²) in [5.41, 5.74) is 0. The molecule has 0 aromatic rings. The summed E-state index contributed by atoms with van der Waals surface area (Å²) in [6.45, 7) is 9.62. The molecule has 82 valence electrons. The van der Waals surface area contributed by atoms with Crippen LogP contribution in [0.2, 0.25) is 0 Å². The van der Waals surface area contributed by atoms with Crippen molar-refractivity contribution in [3.05, 3.63) is 12.7 Å². The first-order valence-corrected chi connectivity index (χ1v) is 4.83. The molecule has 0 saturated carbocycles. The van der Waals surface area contributed by atoms with E-state index in [-0.39, 0.29) is 6.61 Å². The summed E-state index contributed by atoms with van der Waals surface area (Å²) in [5, 5.41) is 9.47. The number of likely N-dealkylation sites (N-methyl/N-ethyl adjacent to an activating group) is 1. The number of aliphatic hydroxyl groups excluding tert-OH is 1. The lowest BCUT2D eigenvalue weighted by molar-refractivity contribution is -0.141. The lowest BCUT2D eigenvalue weighted by Gasteiger charge is -2.21. The number of aliphatic hydroxyl groups is 1. The smallest absolute Gasteiger partial charge is 0.330 e. The van der Waals surface area contributed by atoms with E-state index >= 15 is 0 Å². The molecule has 0 aliphatic heterocycles. The molecule has 0 radical (unpaired) electrons. The van der Waals surface area contributed by atoms with E-state index in [1.807, 2.05) is 13.8 Å². The van der Waals surface area contributed by atoms with Gasteiger partial charge in [-0.05, 0) is 13.1 Å². The molecule has 0 heterocycles. The topological polar surface area (TPSA) is 49.8 Å². The summed E-state index contributed by atoms with van der Waals surface area (Å²) in [6.07, 6.45) is 0.461. The molecule has 0 saturated heterocycles. The standard InChI is InChI=1S/C10H19NO3/c1-4-10(13)14-8-9(12)7-11(5-2)6-3/h4,9,12H,1,5-8H2,2-3H3. The fourth-order valence-electron chi connectivity index (χ4n) is 1.07. The van der Waals surface area contributed by atoms with Crippen molar-refractivity contribution < 1.29 is 14.6 Å². The van der Waals surface area contributed by atoms with Crippen molar-refractivity contribution in [2.45, 2.75) is 20.0 Å². The van der Waals surface area contributed by atoms with E-state index in [2.05, 4.69) is 11.5 Å². The zero-order valence-electron chi connectivity index (χ0n) is 8.90. The minimum absolute atomic E-state index is 0.0291. The molecule has 0 aliphatic rings. The first-order valence-electron chi connectivity index (χ1n) is 4.83. The van der Waals surface area contributed by atoms with Crippen molar-refractivity contribution in [3.63, 3.8) is 0 Å². The van der Waals surface area contributed by atoms with Gasteiger partial charge in [0.25, 0.3) is 0 Å². The van der Waals surface area contributed by atoms with Crippen LogP contribution in [0.3, 0.4) is 0 Å². The molecule has 0 spiro atoms. The first kappa shape index (κ1) is 13.1. The van der Waals surface area contributed by atoms with E-state index in [4.69, 9.17) is 4.74 Å². The number of carbonyl (C=O) groups excluding carboxylic acids is 1. The Hall–Kier alpha value is -0.870. The number of rotatable bonds is 7. The monoisotopic (exact) mass is 201 g/mol. The van der Waals surface area contributed by atoms with Gasteiger partial charge in [0.15, 0.2) is 0 Å². The molecule has 0 bridgehead atoms. The van der Waals surface area contributed by atoms with Gasteiger partial charge in [0.2, 0.25) is 0 Å². The molecule has 0 aromatic heterocycles. The van der Waals surface area contributed by atoms with Crippen LogP contribution in [0.4, 0.5) is 0 Å². The van der Waals surface area contributed by atoms with Gasteiger partial charge in [-0.1, -0.05) is 20.4 Å². The average Bonchev–Trinajstić information content (AvgIpc) is 2.22. The molecular formula is C10H19NO3. The summed E-state index contributed by atoms with van der Waals surface area (Å²) in [5.74, 6) is -0.497. The predicted octanol–water partition coefficient (Wildman–Crippen LogP) is 0.418. The minimum atomic E-state index is -0.626. The van der Waals surface area contributed by atoms with E-state index < -0.39 is 12.1 Å². The molecule has 0 amide bonds. The van der Waals surface area contributed by atoms with Crippen LogP contribution >= 0.6 is 0 Å². The van der Waals surface area contributed by atoms with Gasteiger partial charge in [0.05, 0.1) is 0 Å². The van der Waals surface area contributed by atoms with E-state index in [0.29, 0.717) is 6.54 Å². The summed E-state index contributed by atoms with van der Waals surface area (Å²) < 4.78 is 4.71. The zero-order valence-corrected chi connectivity index (χ0v) is 8.90. The van der Waals surface area contributed by atoms with E-state index in [1.54, 1.807) is 0 Å². The largest absolute Gasteiger partial charge is 0.460 e. The maximum Gasteiger partial charge on any atom is 0.330 e. The van der Waals surface area contributed by atoms with Crippen LogP contribution in [-0.4, -0.2) is 48.3 Å². The molecule has 1 N–H and O–H groups in total. The van der Waals surface area contributed by atoms with E-state index in [1.165, 1.54) is 0 Å². The summed E-state index contributed by atoms with van der Waals surface area (Å²) in [7, 11) is 0. The van der Waals surface area contributed by atoms with Crippen LogP contribution in [-0.2, 0) is 9.53 Å². The Labute approximate surface area is 85.2 Å². The maximum atomic E-state index is 10.7. The summed E-state index contributed by atoms with van der Waals surface area (Å²) in [6, 6.07) is 0. The van der Waals surface area contributed by atoms with Crippen molar-refractivity contribution in [3.8, 4) is 0 Å². The molecule has 0 rings (SSSR count). The molecule has 0 aromatic carbocycles. The highest BCUT2D eigenvalue weighted by Crippen LogP contribution is 1.93. The zero-order chi connectivity index (χ0) is 11.0. The Morgan fingerprint density at radius 2 is 2.14 bits per heavy atom. The molecule has 4 nitrogen and oxygen atoms in total. The van der Waals surface area contributed by atoms with Gasteiger partial charge in [-0.3, -0.25) is 0 Å². The normalized spacial score (nSPS) is 12.6. The van der Waals surface area contributed by atoms with Crippen LogP contribution in [0.15, 0.2) is 12.7 Å². The third kappa shape index (κ3) is 5.72. The molecular weight excluding hydrogens is 182 g/mol. The summed E-state index contributed by atoms with van der Waals surface area (Å²) >= 11 is 0. The van der Waals surface area contributed by atoms with Gasteiger partial charge in [0, 0.05) is 12.6 Å². The quantitative estimate of drug-likeness (QED) is 0.479. The Morgan fingerprint density at radius 1 is 1.57 bits per heavy atom. The molecule has 14 heavy (non-hydrogen) atoms. The van der Waals surface area contributed by atoms with Crippen molar-refractivity contribution in [2.24, 2.45) is 0 Å². The highest BCUT2D eigenvalue weighted by Gasteiger charge is 2.10. The third-order valence-electron chi connectivity index (χ3n) is 1.95. The first-order chi connectivity index (χ1) is 6.63. The van der Waals surface area contributed by atoms with Crippen molar-refractivity contribution >= 4 is 5.97 Å². The SMILES string of the molecule is C=CC(=O)OCC(O)CN(CC)CC. The number of hydrogen-bond acceptors (Lipinski definition) is 4. The van der Waals surface area contributed by atoms with Crippen molar-refractivity contribution in [1.29, 1.82) is 0 Å². The second kappa shape index (κ2) is 7.53. The van der Waals surface area contributed by atoms with Gasteiger partial charge in [-0.2, -0.15) is 0 Å². The molecule has 0 aliphatic carbocycles. The number of ether oxygens (including phenoxy) is 1. The van der Waals surface area contributed by atoms with Crippen LogP contribution < -0.4 is 0 Å². The number of carbonyl (C=O) groups is 1. The molecule has 0 fully saturated rings. The second-order valence-electron chi connectivity index (χ2n) is 2.97. The molecule has 1 unspecified atom stereocenters. The third-order valence-corrected chi connectivity index (χ3v) is 1.95. The Morgan fingerprint density at radius 3 is 2.57 bits per heavy atom. The maximum absolute atomic E-state index is 10.7. The fraction of sp³-hybridized carbons (Fsp3) is 0.700. The van der Waals surface area contributed by atoms with E-state index in [0.717, 1.165) is 19.2 Å². The predicted molar refractivity (Wildman–Crippen MR) is 55.0 cm³/mol. The van der Waals surface area contributed by atoms with Gasteiger partial charge < -0.3 is 14.7 Å². The minimum Gasteiger partial charge on any atom is -0.460 e. The lowest BCUT2D eigenvalue weighted by Crippen LogP contribution is -2.35. The highest BCUT2D eigenvalue weighted by molar-refractivity contribution is 5.81. The lowest BCUT2D eigenvalue weighted by atomic mass is 10.3. The summed E-state index contributed by atoms with van der Waals surface area (Å²) in [4.78, 5) is 12.7. The van der Waals surface area contributed by atoms with Crippen LogP contribution in [0.1, 0.15) is 13.8 Å². The highest BCUT2D eigenvalue weighted by atomic mass is 16.5. The van der Waals surface area contributed by atoms with Gasteiger partial charge >= 0.3 is 5.97 Å². The average molecular weight is 201 g/mol. The van der Waals surface area contributed by atoms with Gasteiger partial charge in [-0.15, -0.1) is 0 Å². The van der Waals surface area contributed by atoms with Gasteiger partial charge in [-0.25, -0.2) is 4.79 Å².